The molecule has 0 aliphatic carbocycles. The Morgan fingerprint density at radius 3 is 2.13 bits per heavy atom. The van der Waals surface area contributed by atoms with Gasteiger partial charge in [0, 0.05) is 18.7 Å². The molecule has 1 N–H and O–H groups in total. The number of benzene rings is 1. The number of nitrogens with one attached hydrogen (secondary N) is 1. The van der Waals surface area contributed by atoms with Crippen LogP contribution >= 0.6 is 0 Å². The molecular weight excluding hydrogens is 203 g/mol. The van der Waals surface area contributed by atoms with Crippen molar-refractivity contribution in [1.82, 2.24) is 0 Å². The molecule has 84 valence electrons. The molecule has 4 heteroatoms. The molecule has 0 fully saturated rings. The lowest BCUT2D eigenvalue weighted by Gasteiger charge is -2.10. The third-order valence-electron chi connectivity index (χ3n) is 2.03. The molecule has 0 saturated carbocycles. The van der Waals surface area contributed by atoms with Gasteiger partial charge in [-0.2, -0.15) is 0 Å². The van der Waals surface area contributed by atoms with E-state index in [1.165, 1.54) is 0 Å². The van der Waals surface area contributed by atoms with E-state index in [2.05, 4.69) is 5.32 Å². The Balaban J connectivity index is 2.68. The lowest BCUT2D eigenvalue weighted by Crippen LogP contribution is -2.08. The molecule has 0 atom stereocenters. The maximum atomic E-state index is 13.1. The molecule has 0 amide bonds. The number of hydrogen-bond donors (Lipinski definition) is 1. The summed E-state index contributed by atoms with van der Waals surface area (Å²) in [4.78, 5) is 0. The number of anilines is 1. The summed E-state index contributed by atoms with van der Waals surface area (Å²) in [5.41, 5.74) is -0.253. The minimum Gasteiger partial charge on any atom is -0.380 e. The summed E-state index contributed by atoms with van der Waals surface area (Å²) in [6, 6.07) is 1.33. The summed E-state index contributed by atoms with van der Waals surface area (Å²) < 4.78 is 38.7. The van der Waals surface area contributed by atoms with Gasteiger partial charge in [0.15, 0.2) is 11.6 Å². The zero-order chi connectivity index (χ0) is 11.4. The third kappa shape index (κ3) is 3.46. The Morgan fingerprint density at radius 1 is 1.13 bits per heavy atom. The topological polar surface area (TPSA) is 12.0 Å². The number of rotatable bonds is 4. The molecule has 0 spiro atoms. The van der Waals surface area contributed by atoms with E-state index in [4.69, 9.17) is 0 Å². The molecule has 0 saturated heterocycles. The Labute approximate surface area is 87.3 Å². The van der Waals surface area contributed by atoms with E-state index in [1.807, 2.05) is 13.8 Å². The summed E-state index contributed by atoms with van der Waals surface area (Å²) in [5, 5.41) is 2.62. The van der Waals surface area contributed by atoms with Crippen LogP contribution in [0.4, 0.5) is 18.9 Å². The second kappa shape index (κ2) is 5.05. The molecule has 1 aromatic rings. The van der Waals surface area contributed by atoms with Crippen molar-refractivity contribution in [3.63, 3.8) is 0 Å². The lowest BCUT2D eigenvalue weighted by molar-refractivity contribution is 0.543. The summed E-state index contributed by atoms with van der Waals surface area (Å²) in [6.45, 7) is 4.50. The fraction of sp³-hybridized carbons (Fsp3) is 0.455. The highest BCUT2D eigenvalue weighted by molar-refractivity contribution is 5.46. The lowest BCUT2D eigenvalue weighted by atomic mass is 10.1. The molecule has 1 rings (SSSR count). The Morgan fingerprint density at radius 2 is 1.67 bits per heavy atom. The molecule has 15 heavy (non-hydrogen) atoms. The van der Waals surface area contributed by atoms with Crippen molar-refractivity contribution in [1.29, 1.82) is 0 Å². The second-order valence-corrected chi connectivity index (χ2v) is 3.85. The van der Waals surface area contributed by atoms with Crippen LogP contribution in [0.25, 0.3) is 0 Å². The van der Waals surface area contributed by atoms with Gasteiger partial charge in [-0.1, -0.05) is 13.8 Å². The van der Waals surface area contributed by atoms with Gasteiger partial charge in [0.05, 0.1) is 0 Å². The number of hydrogen-bond acceptors (Lipinski definition) is 1. The van der Waals surface area contributed by atoms with E-state index < -0.39 is 17.5 Å². The van der Waals surface area contributed by atoms with E-state index in [0.717, 1.165) is 6.42 Å². The van der Waals surface area contributed by atoms with Gasteiger partial charge in [-0.3, -0.25) is 0 Å². The number of halogens is 3. The van der Waals surface area contributed by atoms with E-state index in [1.54, 1.807) is 0 Å². The van der Waals surface area contributed by atoms with Crippen LogP contribution in [-0.2, 0) is 0 Å². The summed E-state index contributed by atoms with van der Waals surface area (Å²) in [6.07, 6.45) is 0.802. The van der Waals surface area contributed by atoms with Crippen LogP contribution in [0.2, 0.25) is 0 Å². The zero-order valence-electron chi connectivity index (χ0n) is 8.78. The van der Waals surface area contributed by atoms with E-state index in [0.29, 0.717) is 24.6 Å². The van der Waals surface area contributed by atoms with Gasteiger partial charge < -0.3 is 5.32 Å². The molecule has 1 nitrogen and oxygen atoms in total. The monoisotopic (exact) mass is 217 g/mol. The van der Waals surface area contributed by atoms with Gasteiger partial charge in [0.1, 0.15) is 11.5 Å². The van der Waals surface area contributed by atoms with Gasteiger partial charge in [-0.15, -0.1) is 0 Å². The summed E-state index contributed by atoms with van der Waals surface area (Å²) in [5.74, 6) is -2.24. The molecule has 0 aromatic heterocycles. The minimum atomic E-state index is -0.903. The molecule has 0 aliphatic rings. The average Bonchev–Trinajstić information content (AvgIpc) is 2.08. The Bertz CT molecular complexity index is 314. The molecular formula is C11H14F3N. The standard InChI is InChI=1S/C11H14F3N/c1-7(2)3-4-15-11-9(13)5-8(12)6-10(11)14/h5-7,15H,3-4H2,1-2H3. The third-order valence-corrected chi connectivity index (χ3v) is 2.03. The van der Waals surface area contributed by atoms with Gasteiger partial charge in [0.2, 0.25) is 0 Å². The first-order valence-corrected chi connectivity index (χ1v) is 4.89. The van der Waals surface area contributed by atoms with Crippen molar-refractivity contribution in [2.75, 3.05) is 11.9 Å². The van der Waals surface area contributed by atoms with Crippen LogP contribution in [0.5, 0.6) is 0 Å². The SMILES string of the molecule is CC(C)CCNc1c(F)cc(F)cc1F. The molecule has 0 heterocycles. The fourth-order valence-electron chi connectivity index (χ4n) is 1.20. The predicted octanol–water partition coefficient (Wildman–Crippen LogP) is 3.56. The second-order valence-electron chi connectivity index (χ2n) is 3.85. The van der Waals surface area contributed by atoms with Crippen LogP contribution in [0.15, 0.2) is 12.1 Å². The fourth-order valence-corrected chi connectivity index (χ4v) is 1.20. The van der Waals surface area contributed by atoms with Crippen molar-refractivity contribution in [3.05, 3.63) is 29.6 Å². The van der Waals surface area contributed by atoms with E-state index >= 15 is 0 Å². The first-order valence-electron chi connectivity index (χ1n) is 4.89. The van der Waals surface area contributed by atoms with Crippen LogP contribution in [0.1, 0.15) is 20.3 Å². The molecule has 0 aliphatic heterocycles. The predicted molar refractivity (Wildman–Crippen MR) is 54.3 cm³/mol. The zero-order valence-corrected chi connectivity index (χ0v) is 8.78. The quantitative estimate of drug-likeness (QED) is 0.813. The summed E-state index contributed by atoms with van der Waals surface area (Å²) in [7, 11) is 0. The normalized spacial score (nSPS) is 10.8. The summed E-state index contributed by atoms with van der Waals surface area (Å²) >= 11 is 0. The van der Waals surface area contributed by atoms with Gasteiger partial charge >= 0.3 is 0 Å². The van der Waals surface area contributed by atoms with Crippen LogP contribution in [0.3, 0.4) is 0 Å². The first kappa shape index (κ1) is 11.9. The van der Waals surface area contributed by atoms with Crippen LogP contribution < -0.4 is 5.32 Å². The molecule has 0 bridgehead atoms. The molecule has 1 aromatic carbocycles. The van der Waals surface area contributed by atoms with Crippen molar-refractivity contribution < 1.29 is 13.2 Å². The van der Waals surface area contributed by atoms with E-state index in [9.17, 15) is 13.2 Å². The largest absolute Gasteiger partial charge is 0.380 e. The minimum absolute atomic E-state index is 0.253. The van der Waals surface area contributed by atoms with Gasteiger partial charge in [-0.25, -0.2) is 13.2 Å². The van der Waals surface area contributed by atoms with Crippen molar-refractivity contribution in [2.24, 2.45) is 5.92 Å². The Hall–Kier alpha value is -1.19. The smallest absolute Gasteiger partial charge is 0.152 e. The van der Waals surface area contributed by atoms with Gasteiger partial charge in [-0.05, 0) is 12.3 Å². The van der Waals surface area contributed by atoms with Gasteiger partial charge in [0.25, 0.3) is 0 Å². The first-order chi connectivity index (χ1) is 7.00. The molecule has 0 unspecified atom stereocenters. The van der Waals surface area contributed by atoms with E-state index in [-0.39, 0.29) is 5.69 Å². The van der Waals surface area contributed by atoms with Crippen molar-refractivity contribution in [2.45, 2.75) is 20.3 Å². The molecule has 0 radical (unpaired) electrons. The highest BCUT2D eigenvalue weighted by Crippen LogP contribution is 2.20. The average molecular weight is 217 g/mol. The van der Waals surface area contributed by atoms with Crippen LogP contribution in [0, 0.1) is 23.4 Å². The van der Waals surface area contributed by atoms with Crippen LogP contribution in [-0.4, -0.2) is 6.54 Å². The Kier molecular flexibility index (Phi) is 4.00. The maximum Gasteiger partial charge on any atom is 0.152 e. The highest BCUT2D eigenvalue weighted by atomic mass is 19.1. The maximum absolute atomic E-state index is 13.1. The highest BCUT2D eigenvalue weighted by Gasteiger charge is 2.10. The van der Waals surface area contributed by atoms with Crippen molar-refractivity contribution in [3.8, 4) is 0 Å². The van der Waals surface area contributed by atoms with Crippen molar-refractivity contribution >= 4 is 5.69 Å².